The second-order valence-corrected chi connectivity index (χ2v) is 6.04. The highest BCUT2D eigenvalue weighted by Crippen LogP contribution is 2.29. The molecule has 0 aliphatic rings. The number of hydrogen-bond acceptors (Lipinski definition) is 3. The summed E-state index contributed by atoms with van der Waals surface area (Å²) in [6, 6.07) is 13.1. The largest absolute Gasteiger partial charge is 0.467 e. The molecule has 0 spiro atoms. The Hall–Kier alpha value is -2.83. The van der Waals surface area contributed by atoms with Gasteiger partial charge in [0.15, 0.2) is 0 Å². The van der Waals surface area contributed by atoms with Crippen LogP contribution in [0.2, 0.25) is 0 Å². The van der Waals surface area contributed by atoms with Gasteiger partial charge in [0.25, 0.3) is 0 Å². The van der Waals surface area contributed by atoms with E-state index in [1.54, 1.807) is 0 Å². The van der Waals surface area contributed by atoms with E-state index < -0.39 is 29.7 Å². The predicted octanol–water partition coefficient (Wildman–Crippen LogP) is 3.54. The minimum atomic E-state index is -4.48. The molecule has 2 aromatic rings. The number of alkyl halides is 3. The van der Waals surface area contributed by atoms with Crippen LogP contribution >= 0.6 is 0 Å². The average molecular weight is 379 g/mol. The number of benzene rings is 2. The van der Waals surface area contributed by atoms with Crippen molar-refractivity contribution in [1.29, 1.82) is 0 Å². The maximum atomic E-state index is 12.8. The SMILES string of the molecule is COC(=O)[C@H](CCc1ccccc1)NC(=O)Cc1cccc(C(F)(F)F)c1. The van der Waals surface area contributed by atoms with Crippen LogP contribution in [0.1, 0.15) is 23.1 Å². The van der Waals surface area contributed by atoms with Crippen molar-refractivity contribution in [2.24, 2.45) is 0 Å². The zero-order valence-electron chi connectivity index (χ0n) is 14.8. The van der Waals surface area contributed by atoms with E-state index in [4.69, 9.17) is 4.74 Å². The van der Waals surface area contributed by atoms with E-state index in [-0.39, 0.29) is 12.0 Å². The molecule has 1 N–H and O–H groups in total. The first kappa shape index (κ1) is 20.5. The molecule has 144 valence electrons. The fourth-order valence-corrected chi connectivity index (χ4v) is 2.64. The maximum Gasteiger partial charge on any atom is 0.416 e. The van der Waals surface area contributed by atoms with Gasteiger partial charge in [-0.2, -0.15) is 13.2 Å². The van der Waals surface area contributed by atoms with Crippen molar-refractivity contribution in [2.45, 2.75) is 31.5 Å². The van der Waals surface area contributed by atoms with Crippen molar-refractivity contribution < 1.29 is 27.5 Å². The van der Waals surface area contributed by atoms with Crippen LogP contribution in [0.15, 0.2) is 54.6 Å². The van der Waals surface area contributed by atoms with E-state index in [2.05, 4.69) is 5.32 Å². The molecular formula is C20H20F3NO3. The smallest absolute Gasteiger partial charge is 0.416 e. The van der Waals surface area contributed by atoms with Crippen molar-refractivity contribution in [3.63, 3.8) is 0 Å². The average Bonchev–Trinajstić information content (AvgIpc) is 2.64. The van der Waals surface area contributed by atoms with Gasteiger partial charge in [0.2, 0.25) is 5.91 Å². The Bertz CT molecular complexity index is 776. The van der Waals surface area contributed by atoms with Crippen LogP contribution in [-0.4, -0.2) is 25.0 Å². The summed E-state index contributed by atoms with van der Waals surface area (Å²) in [4.78, 5) is 24.1. The van der Waals surface area contributed by atoms with Gasteiger partial charge in [0, 0.05) is 0 Å². The Morgan fingerprint density at radius 1 is 1.04 bits per heavy atom. The molecule has 0 heterocycles. The van der Waals surface area contributed by atoms with Gasteiger partial charge in [0.1, 0.15) is 6.04 Å². The number of carbonyl (C=O) groups is 2. The first-order chi connectivity index (χ1) is 12.8. The Kier molecular flexibility index (Phi) is 6.98. The first-order valence-electron chi connectivity index (χ1n) is 8.37. The number of hydrogen-bond donors (Lipinski definition) is 1. The summed E-state index contributed by atoms with van der Waals surface area (Å²) in [7, 11) is 1.22. The summed E-state index contributed by atoms with van der Waals surface area (Å²) < 4.78 is 43.0. The lowest BCUT2D eigenvalue weighted by atomic mass is 10.0. The van der Waals surface area contributed by atoms with Crippen LogP contribution in [0.25, 0.3) is 0 Å². The molecule has 27 heavy (non-hydrogen) atoms. The number of rotatable bonds is 7. The predicted molar refractivity (Wildman–Crippen MR) is 93.9 cm³/mol. The van der Waals surface area contributed by atoms with Gasteiger partial charge >= 0.3 is 12.1 Å². The highest BCUT2D eigenvalue weighted by molar-refractivity contribution is 5.85. The second kappa shape index (κ2) is 9.21. The molecule has 0 aliphatic heterocycles. The number of methoxy groups -OCH3 is 1. The fourth-order valence-electron chi connectivity index (χ4n) is 2.64. The molecule has 0 saturated heterocycles. The number of aryl methyl sites for hydroxylation is 1. The molecule has 0 aliphatic carbocycles. The molecule has 0 radical (unpaired) electrons. The van der Waals surface area contributed by atoms with Crippen molar-refractivity contribution in [1.82, 2.24) is 5.32 Å². The lowest BCUT2D eigenvalue weighted by Gasteiger charge is -2.17. The summed E-state index contributed by atoms with van der Waals surface area (Å²) in [5, 5.41) is 2.55. The van der Waals surface area contributed by atoms with E-state index in [0.717, 1.165) is 17.7 Å². The number of nitrogens with one attached hydrogen (secondary N) is 1. The minimum absolute atomic E-state index is 0.217. The summed E-state index contributed by atoms with van der Waals surface area (Å²) >= 11 is 0. The minimum Gasteiger partial charge on any atom is -0.467 e. The Balaban J connectivity index is 2.00. The summed E-state index contributed by atoms with van der Waals surface area (Å²) in [5.41, 5.74) is 0.397. The highest BCUT2D eigenvalue weighted by Gasteiger charge is 2.30. The van der Waals surface area contributed by atoms with Crippen LogP contribution in [0.3, 0.4) is 0 Å². The van der Waals surface area contributed by atoms with Crippen molar-refractivity contribution in [3.05, 3.63) is 71.3 Å². The normalized spacial score (nSPS) is 12.3. The zero-order chi connectivity index (χ0) is 19.9. The van der Waals surface area contributed by atoms with E-state index in [9.17, 15) is 22.8 Å². The Morgan fingerprint density at radius 3 is 2.33 bits per heavy atom. The molecule has 0 saturated carbocycles. The van der Waals surface area contributed by atoms with E-state index in [1.807, 2.05) is 30.3 Å². The molecular weight excluding hydrogens is 359 g/mol. The lowest BCUT2D eigenvalue weighted by Crippen LogP contribution is -2.42. The van der Waals surface area contributed by atoms with Gasteiger partial charge in [-0.1, -0.05) is 48.5 Å². The third-order valence-electron chi connectivity index (χ3n) is 4.00. The molecule has 4 nitrogen and oxygen atoms in total. The van der Waals surface area contributed by atoms with Crippen LogP contribution < -0.4 is 5.32 Å². The van der Waals surface area contributed by atoms with E-state index >= 15 is 0 Å². The molecule has 0 unspecified atom stereocenters. The van der Waals surface area contributed by atoms with Crippen LogP contribution in [0, 0.1) is 0 Å². The summed E-state index contributed by atoms with van der Waals surface area (Å²) in [6.45, 7) is 0. The topological polar surface area (TPSA) is 55.4 Å². The molecule has 2 aromatic carbocycles. The van der Waals surface area contributed by atoms with Crippen molar-refractivity contribution in [3.8, 4) is 0 Å². The third kappa shape index (κ3) is 6.44. The molecule has 2 rings (SSSR count). The molecule has 0 fully saturated rings. The molecule has 7 heteroatoms. The monoisotopic (exact) mass is 379 g/mol. The van der Waals surface area contributed by atoms with Gasteiger partial charge in [0.05, 0.1) is 19.1 Å². The molecule has 0 bridgehead atoms. The summed E-state index contributed by atoms with van der Waals surface area (Å²) in [6.07, 6.45) is -3.87. The number of amides is 1. The number of esters is 1. The molecule has 1 atom stereocenters. The number of carbonyl (C=O) groups excluding carboxylic acids is 2. The van der Waals surface area contributed by atoms with Crippen LogP contribution in [-0.2, 0) is 33.3 Å². The Labute approximate surface area is 155 Å². The van der Waals surface area contributed by atoms with Gasteiger partial charge < -0.3 is 10.1 Å². The molecule has 1 amide bonds. The quantitative estimate of drug-likeness (QED) is 0.749. The first-order valence-corrected chi connectivity index (χ1v) is 8.37. The molecule has 0 aromatic heterocycles. The van der Waals surface area contributed by atoms with E-state index in [0.29, 0.717) is 12.8 Å². The van der Waals surface area contributed by atoms with Crippen LogP contribution in [0.4, 0.5) is 13.2 Å². The van der Waals surface area contributed by atoms with Crippen molar-refractivity contribution >= 4 is 11.9 Å². The fraction of sp³-hybridized carbons (Fsp3) is 0.300. The second-order valence-electron chi connectivity index (χ2n) is 6.04. The maximum absolute atomic E-state index is 12.8. The Morgan fingerprint density at radius 2 is 1.70 bits per heavy atom. The number of ether oxygens (including phenoxy) is 1. The zero-order valence-corrected chi connectivity index (χ0v) is 14.8. The highest BCUT2D eigenvalue weighted by atomic mass is 19.4. The summed E-state index contributed by atoms with van der Waals surface area (Å²) in [5.74, 6) is -1.14. The van der Waals surface area contributed by atoms with Crippen molar-refractivity contribution in [2.75, 3.05) is 7.11 Å². The van der Waals surface area contributed by atoms with Gasteiger partial charge in [-0.3, -0.25) is 4.79 Å². The number of halogens is 3. The van der Waals surface area contributed by atoms with Gasteiger partial charge in [-0.15, -0.1) is 0 Å². The van der Waals surface area contributed by atoms with Gasteiger partial charge in [-0.25, -0.2) is 4.79 Å². The third-order valence-corrected chi connectivity index (χ3v) is 4.00. The standard InChI is InChI=1S/C20H20F3NO3/c1-27-19(26)17(11-10-14-6-3-2-4-7-14)24-18(25)13-15-8-5-9-16(12-15)20(21,22)23/h2-9,12,17H,10-11,13H2,1H3,(H,24,25)/t17-/m0/s1. The lowest BCUT2D eigenvalue weighted by molar-refractivity contribution is -0.145. The van der Waals surface area contributed by atoms with E-state index in [1.165, 1.54) is 19.2 Å². The van der Waals surface area contributed by atoms with Gasteiger partial charge in [-0.05, 0) is 30.0 Å². The van der Waals surface area contributed by atoms with Crippen LogP contribution in [0.5, 0.6) is 0 Å².